The molecule has 6 N–H and O–H groups in total. The molecule has 2 rings (SSSR count). The van der Waals surface area contributed by atoms with Gasteiger partial charge >= 0.3 is 0 Å². The lowest BCUT2D eigenvalue weighted by molar-refractivity contribution is -0.201. The molecule has 0 radical (unpaired) electrons. The monoisotopic (exact) mass is 400 g/mol. The lowest BCUT2D eigenvalue weighted by Crippen LogP contribution is -2.76. The number of ether oxygens (including phenoxy) is 2. The van der Waals surface area contributed by atoms with Gasteiger partial charge in [-0.25, -0.2) is 0 Å². The van der Waals surface area contributed by atoms with E-state index in [9.17, 15) is 10.2 Å². The summed E-state index contributed by atoms with van der Waals surface area (Å²) in [7, 11) is 0. The van der Waals surface area contributed by atoms with Crippen molar-refractivity contribution >= 4 is 23.2 Å². The number of halogens is 2. The zero-order valence-corrected chi connectivity index (χ0v) is 15.7. The number of aliphatic hydroxyl groups excluding tert-OH is 1. The maximum absolute atomic E-state index is 11.1. The summed E-state index contributed by atoms with van der Waals surface area (Å²) in [5.41, 5.74) is 9.97. The predicted molar refractivity (Wildman–Crippen MR) is 101 cm³/mol. The van der Waals surface area contributed by atoms with E-state index in [0.717, 1.165) is 0 Å². The minimum absolute atomic E-state index is 0.171. The molecular weight excluding hydrogens is 379 g/mol. The Hall–Kier alpha value is -1.54. The van der Waals surface area contributed by atoms with Gasteiger partial charge in [0.05, 0.1) is 6.10 Å². The van der Waals surface area contributed by atoms with Crippen molar-refractivity contribution in [3.8, 4) is 11.5 Å². The Balaban J connectivity index is 2.25. The molecule has 0 heterocycles. The zero-order valence-electron chi connectivity index (χ0n) is 14.2. The third kappa shape index (κ3) is 4.79. The first-order valence-electron chi connectivity index (χ1n) is 7.99. The van der Waals surface area contributed by atoms with Crippen molar-refractivity contribution in [1.82, 2.24) is 0 Å². The molecule has 2 atom stereocenters. The largest absolute Gasteiger partial charge is 0.490 e. The smallest absolute Gasteiger partial charge is 0.248 e. The highest BCUT2D eigenvalue weighted by Gasteiger charge is 2.53. The van der Waals surface area contributed by atoms with Crippen LogP contribution in [0.3, 0.4) is 0 Å². The first-order chi connectivity index (χ1) is 12.2. The molecule has 0 aliphatic heterocycles. The fraction of sp³-hybridized carbons (Fsp3) is 0.333. The van der Waals surface area contributed by atoms with Gasteiger partial charge in [0, 0.05) is 10.0 Å². The SMILES string of the molecule is CCC(O)C(O)(COc1cccc(Cl)c1)C(N)(N)Oc1cccc(Cl)c1. The van der Waals surface area contributed by atoms with Crippen LogP contribution in [0.4, 0.5) is 0 Å². The topological polar surface area (TPSA) is 111 Å². The molecule has 8 heteroatoms. The maximum Gasteiger partial charge on any atom is 0.248 e. The van der Waals surface area contributed by atoms with Crippen LogP contribution < -0.4 is 20.9 Å². The zero-order chi connectivity index (χ0) is 19.4. The van der Waals surface area contributed by atoms with Crippen molar-refractivity contribution in [2.24, 2.45) is 11.5 Å². The van der Waals surface area contributed by atoms with E-state index in [-0.39, 0.29) is 12.2 Å². The molecule has 0 saturated heterocycles. The molecule has 6 nitrogen and oxygen atoms in total. The maximum atomic E-state index is 11.1. The normalized spacial score (nSPS) is 15.2. The van der Waals surface area contributed by atoms with Crippen LogP contribution in [-0.2, 0) is 0 Å². The summed E-state index contributed by atoms with van der Waals surface area (Å²) in [4.78, 5) is 0. The molecular formula is C18H22Cl2N2O4. The molecule has 0 saturated carbocycles. The molecule has 2 aromatic carbocycles. The van der Waals surface area contributed by atoms with Crippen molar-refractivity contribution in [2.45, 2.75) is 30.9 Å². The van der Waals surface area contributed by atoms with Crippen LogP contribution in [0.25, 0.3) is 0 Å². The number of benzene rings is 2. The Morgan fingerprint density at radius 2 is 1.58 bits per heavy atom. The highest BCUT2D eigenvalue weighted by Crippen LogP contribution is 2.29. The van der Waals surface area contributed by atoms with Gasteiger partial charge in [0.1, 0.15) is 18.1 Å². The van der Waals surface area contributed by atoms with E-state index in [1.54, 1.807) is 49.4 Å². The summed E-state index contributed by atoms with van der Waals surface area (Å²) in [5.74, 6) is -1.53. The summed E-state index contributed by atoms with van der Waals surface area (Å²) in [6.45, 7) is 1.25. The van der Waals surface area contributed by atoms with E-state index < -0.39 is 24.2 Å². The van der Waals surface area contributed by atoms with Gasteiger partial charge < -0.3 is 19.7 Å². The van der Waals surface area contributed by atoms with Crippen molar-refractivity contribution < 1.29 is 19.7 Å². The third-order valence-corrected chi connectivity index (χ3v) is 4.42. The second-order valence-electron chi connectivity index (χ2n) is 5.95. The first kappa shape index (κ1) is 20.8. The lowest BCUT2D eigenvalue weighted by Gasteiger charge is -2.43. The van der Waals surface area contributed by atoms with Crippen LogP contribution >= 0.6 is 23.2 Å². The summed E-state index contributed by atoms with van der Waals surface area (Å²) in [6, 6.07) is 12.9. The van der Waals surface area contributed by atoms with E-state index in [0.29, 0.717) is 15.8 Å². The Morgan fingerprint density at radius 1 is 1.04 bits per heavy atom. The summed E-state index contributed by atoms with van der Waals surface area (Å²) in [6.07, 6.45) is -1.14. The Bertz CT molecular complexity index is 745. The molecule has 0 amide bonds. The van der Waals surface area contributed by atoms with E-state index in [4.69, 9.17) is 44.1 Å². The first-order valence-corrected chi connectivity index (χ1v) is 8.74. The fourth-order valence-corrected chi connectivity index (χ4v) is 2.73. The quantitative estimate of drug-likeness (QED) is 0.506. The second-order valence-corrected chi connectivity index (χ2v) is 6.82. The molecule has 26 heavy (non-hydrogen) atoms. The van der Waals surface area contributed by atoms with Crippen molar-refractivity contribution in [3.05, 3.63) is 58.6 Å². The molecule has 0 fully saturated rings. The van der Waals surface area contributed by atoms with Gasteiger partial charge in [-0.05, 0) is 42.8 Å². The van der Waals surface area contributed by atoms with E-state index in [1.807, 2.05) is 0 Å². The molecule has 2 unspecified atom stereocenters. The molecule has 0 aliphatic rings. The summed E-state index contributed by atoms with van der Waals surface area (Å²) in [5, 5.41) is 22.3. The van der Waals surface area contributed by atoms with E-state index >= 15 is 0 Å². The standard InChI is InChI=1S/C18H22Cl2N2O4/c1-2-16(23)17(24,11-25-14-7-3-5-12(19)9-14)18(21,22)26-15-8-4-6-13(20)10-15/h3-10,16,23-24H,2,11,21-22H2,1H3. The Labute approximate surface area is 162 Å². The molecule has 2 aromatic rings. The molecule has 0 bridgehead atoms. The molecule has 0 aromatic heterocycles. The fourth-order valence-electron chi connectivity index (χ4n) is 2.37. The Kier molecular flexibility index (Phi) is 6.74. The van der Waals surface area contributed by atoms with Gasteiger partial charge in [0.2, 0.25) is 5.85 Å². The minimum atomic E-state index is -2.16. The number of hydrogen-bond acceptors (Lipinski definition) is 6. The van der Waals surface area contributed by atoms with Gasteiger partial charge in [0.25, 0.3) is 0 Å². The number of hydrogen-bond donors (Lipinski definition) is 4. The number of rotatable bonds is 8. The van der Waals surface area contributed by atoms with Crippen LogP contribution in [-0.4, -0.2) is 34.4 Å². The second kappa shape index (κ2) is 8.43. The molecule has 0 aliphatic carbocycles. The average Bonchev–Trinajstić information content (AvgIpc) is 2.58. The highest BCUT2D eigenvalue weighted by atomic mass is 35.5. The van der Waals surface area contributed by atoms with E-state index in [1.165, 1.54) is 6.07 Å². The van der Waals surface area contributed by atoms with Gasteiger partial charge in [0.15, 0.2) is 5.60 Å². The van der Waals surface area contributed by atoms with Crippen LogP contribution in [0, 0.1) is 0 Å². The highest BCUT2D eigenvalue weighted by molar-refractivity contribution is 6.31. The van der Waals surface area contributed by atoms with Gasteiger partial charge in [-0.3, -0.25) is 11.5 Å². The van der Waals surface area contributed by atoms with Gasteiger partial charge in [-0.1, -0.05) is 42.3 Å². The molecule has 142 valence electrons. The van der Waals surface area contributed by atoms with Gasteiger partial charge in [-0.2, -0.15) is 0 Å². The molecule has 0 spiro atoms. The average molecular weight is 401 g/mol. The number of nitrogens with two attached hydrogens (primary N) is 2. The van der Waals surface area contributed by atoms with Crippen LogP contribution in [0.15, 0.2) is 48.5 Å². The van der Waals surface area contributed by atoms with Crippen molar-refractivity contribution in [3.63, 3.8) is 0 Å². The van der Waals surface area contributed by atoms with Crippen LogP contribution in [0.5, 0.6) is 11.5 Å². The Morgan fingerprint density at radius 3 is 2.12 bits per heavy atom. The lowest BCUT2D eigenvalue weighted by atomic mass is 9.89. The van der Waals surface area contributed by atoms with Crippen molar-refractivity contribution in [2.75, 3.05) is 6.61 Å². The summed E-state index contributed by atoms with van der Waals surface area (Å²) < 4.78 is 11.1. The third-order valence-electron chi connectivity index (χ3n) is 3.95. The van der Waals surface area contributed by atoms with Crippen LogP contribution in [0.2, 0.25) is 10.0 Å². The minimum Gasteiger partial charge on any atom is -0.490 e. The van der Waals surface area contributed by atoms with Gasteiger partial charge in [-0.15, -0.1) is 0 Å². The summed E-state index contributed by atoms with van der Waals surface area (Å²) >= 11 is 11.8. The van der Waals surface area contributed by atoms with E-state index in [2.05, 4.69) is 0 Å². The number of aliphatic hydroxyl groups is 2. The van der Waals surface area contributed by atoms with Crippen LogP contribution in [0.1, 0.15) is 13.3 Å². The van der Waals surface area contributed by atoms with Crippen molar-refractivity contribution in [1.29, 1.82) is 0 Å². The predicted octanol–water partition coefficient (Wildman–Crippen LogP) is 2.52.